The van der Waals surface area contributed by atoms with Gasteiger partial charge in [0.25, 0.3) is 5.91 Å². The van der Waals surface area contributed by atoms with E-state index in [9.17, 15) is 13.6 Å². The maximum atomic E-state index is 14.3. The van der Waals surface area contributed by atoms with E-state index in [1.165, 1.54) is 16.2 Å². The Hall–Kier alpha value is -3.39. The summed E-state index contributed by atoms with van der Waals surface area (Å²) >= 11 is 1.30. The summed E-state index contributed by atoms with van der Waals surface area (Å²) in [4.78, 5) is 23.1. The summed E-state index contributed by atoms with van der Waals surface area (Å²) in [6.45, 7) is 0.139. The van der Waals surface area contributed by atoms with Crippen LogP contribution in [0.15, 0.2) is 60.9 Å². The van der Waals surface area contributed by atoms with Crippen LogP contribution in [0.3, 0.4) is 0 Å². The van der Waals surface area contributed by atoms with Crippen molar-refractivity contribution in [3.63, 3.8) is 0 Å². The molecule has 0 radical (unpaired) electrons. The lowest BCUT2D eigenvalue weighted by molar-refractivity contribution is 0.0981. The first-order valence-electron chi connectivity index (χ1n) is 8.65. The van der Waals surface area contributed by atoms with Gasteiger partial charge in [-0.3, -0.25) is 14.7 Å². The molecule has 0 spiro atoms. The predicted octanol–water partition coefficient (Wildman–Crippen LogP) is 4.83. The molecule has 0 fully saturated rings. The second-order valence-corrected chi connectivity index (χ2v) is 7.22. The summed E-state index contributed by atoms with van der Waals surface area (Å²) in [6.07, 6.45) is 3.25. The number of anilines is 1. The Kier molecular flexibility index (Phi) is 5.18. The minimum Gasteiger partial charge on any atom is -0.497 e. The van der Waals surface area contributed by atoms with Crippen LogP contribution in [0.25, 0.3) is 10.2 Å². The molecular weight excluding hydrogens is 396 g/mol. The standard InChI is InChI=1S/C21H15F2N3O2S/c1-28-15-5-7-19-18(10-15)25-21(29-19)26(12-13-3-2-8-24-11-13)20(27)16-6-4-14(22)9-17(16)23/h2-11H,12H2,1H3. The predicted molar refractivity (Wildman–Crippen MR) is 107 cm³/mol. The second-order valence-electron chi connectivity index (χ2n) is 6.21. The first-order chi connectivity index (χ1) is 14.0. The highest BCUT2D eigenvalue weighted by Crippen LogP contribution is 2.33. The van der Waals surface area contributed by atoms with Crippen LogP contribution in [-0.2, 0) is 6.54 Å². The van der Waals surface area contributed by atoms with Gasteiger partial charge in [-0.15, -0.1) is 0 Å². The zero-order chi connectivity index (χ0) is 20.4. The molecule has 2 heterocycles. The smallest absolute Gasteiger partial charge is 0.263 e. The topological polar surface area (TPSA) is 55.3 Å². The highest BCUT2D eigenvalue weighted by Gasteiger charge is 2.24. The Morgan fingerprint density at radius 1 is 1.17 bits per heavy atom. The van der Waals surface area contributed by atoms with Gasteiger partial charge < -0.3 is 4.74 Å². The Morgan fingerprint density at radius 2 is 2.03 bits per heavy atom. The van der Waals surface area contributed by atoms with E-state index in [1.54, 1.807) is 37.7 Å². The van der Waals surface area contributed by atoms with Crippen LogP contribution < -0.4 is 9.64 Å². The van der Waals surface area contributed by atoms with Crippen LogP contribution in [0.1, 0.15) is 15.9 Å². The Bertz CT molecular complexity index is 1180. The maximum absolute atomic E-state index is 14.3. The Labute approximate surface area is 169 Å². The highest BCUT2D eigenvalue weighted by atomic mass is 32.1. The number of hydrogen-bond donors (Lipinski definition) is 0. The van der Waals surface area contributed by atoms with Crippen LogP contribution in [-0.4, -0.2) is 23.0 Å². The molecule has 2 aromatic heterocycles. The van der Waals surface area contributed by atoms with E-state index in [2.05, 4.69) is 9.97 Å². The molecule has 4 aromatic rings. The number of carbonyl (C=O) groups excluding carboxylic acids is 1. The number of benzene rings is 2. The van der Waals surface area contributed by atoms with Crippen molar-refractivity contribution in [1.29, 1.82) is 0 Å². The van der Waals surface area contributed by atoms with Gasteiger partial charge >= 0.3 is 0 Å². The van der Waals surface area contributed by atoms with Crippen LogP contribution in [0.2, 0.25) is 0 Å². The number of carbonyl (C=O) groups is 1. The maximum Gasteiger partial charge on any atom is 0.263 e. The lowest BCUT2D eigenvalue weighted by Gasteiger charge is -2.20. The van der Waals surface area contributed by atoms with Crippen LogP contribution >= 0.6 is 11.3 Å². The molecule has 0 bridgehead atoms. The molecular formula is C21H15F2N3O2S. The van der Waals surface area contributed by atoms with Gasteiger partial charge in [-0.25, -0.2) is 13.8 Å². The molecule has 0 saturated heterocycles. The zero-order valence-corrected chi connectivity index (χ0v) is 16.1. The highest BCUT2D eigenvalue weighted by molar-refractivity contribution is 7.22. The summed E-state index contributed by atoms with van der Waals surface area (Å²) < 4.78 is 33.7. The number of fused-ring (bicyclic) bond motifs is 1. The molecule has 4 rings (SSSR count). The normalized spacial score (nSPS) is 10.9. The third-order valence-corrected chi connectivity index (χ3v) is 5.34. The van der Waals surface area contributed by atoms with E-state index in [1.807, 2.05) is 12.1 Å². The summed E-state index contributed by atoms with van der Waals surface area (Å²) in [6, 6.07) is 11.9. The number of hydrogen-bond acceptors (Lipinski definition) is 5. The molecule has 0 N–H and O–H groups in total. The van der Waals surface area contributed by atoms with Crippen molar-refractivity contribution in [3.8, 4) is 5.75 Å². The molecule has 0 atom stereocenters. The molecule has 0 aliphatic rings. The van der Waals surface area contributed by atoms with E-state index >= 15 is 0 Å². The quantitative estimate of drug-likeness (QED) is 0.472. The van der Waals surface area contributed by atoms with Crippen LogP contribution in [0, 0.1) is 11.6 Å². The number of nitrogens with zero attached hydrogens (tertiary/aromatic N) is 3. The van der Waals surface area contributed by atoms with Crippen molar-refractivity contribution in [1.82, 2.24) is 9.97 Å². The largest absolute Gasteiger partial charge is 0.497 e. The molecule has 0 aliphatic carbocycles. The molecule has 0 saturated carbocycles. The average Bonchev–Trinajstić information content (AvgIpc) is 3.15. The van der Waals surface area contributed by atoms with E-state index in [0.29, 0.717) is 22.5 Å². The molecule has 5 nitrogen and oxygen atoms in total. The van der Waals surface area contributed by atoms with Crippen molar-refractivity contribution < 1.29 is 18.3 Å². The van der Waals surface area contributed by atoms with E-state index in [-0.39, 0.29) is 12.1 Å². The summed E-state index contributed by atoms with van der Waals surface area (Å²) in [5, 5.41) is 0.394. The number of methoxy groups -OCH3 is 1. The third-order valence-electron chi connectivity index (χ3n) is 4.28. The van der Waals surface area contributed by atoms with Gasteiger partial charge in [0.05, 0.1) is 29.4 Å². The minimum atomic E-state index is -0.922. The monoisotopic (exact) mass is 411 g/mol. The number of aromatic nitrogens is 2. The van der Waals surface area contributed by atoms with E-state index in [4.69, 9.17) is 4.74 Å². The van der Waals surface area contributed by atoms with Crippen molar-refractivity contribution >= 4 is 32.6 Å². The summed E-state index contributed by atoms with van der Waals surface area (Å²) in [5.74, 6) is -1.64. The molecule has 146 valence electrons. The van der Waals surface area contributed by atoms with Crippen molar-refractivity contribution in [2.45, 2.75) is 6.54 Å². The number of rotatable bonds is 5. The fourth-order valence-electron chi connectivity index (χ4n) is 2.85. The molecule has 0 unspecified atom stereocenters. The van der Waals surface area contributed by atoms with Crippen molar-refractivity contribution in [2.75, 3.05) is 12.0 Å². The van der Waals surface area contributed by atoms with Gasteiger partial charge in [0.2, 0.25) is 0 Å². The Morgan fingerprint density at radius 3 is 2.76 bits per heavy atom. The van der Waals surface area contributed by atoms with E-state index < -0.39 is 17.5 Å². The molecule has 8 heteroatoms. The van der Waals surface area contributed by atoms with Gasteiger partial charge in [-0.2, -0.15) is 0 Å². The van der Waals surface area contributed by atoms with Gasteiger partial charge in [0, 0.05) is 24.5 Å². The zero-order valence-electron chi connectivity index (χ0n) is 15.3. The molecule has 2 aromatic carbocycles. The number of amides is 1. The minimum absolute atomic E-state index is 0.139. The lowest BCUT2D eigenvalue weighted by Crippen LogP contribution is -2.31. The van der Waals surface area contributed by atoms with Gasteiger partial charge in [-0.1, -0.05) is 17.4 Å². The lowest BCUT2D eigenvalue weighted by atomic mass is 10.1. The second kappa shape index (κ2) is 7.92. The molecule has 29 heavy (non-hydrogen) atoms. The van der Waals surface area contributed by atoms with Gasteiger partial charge in [0.15, 0.2) is 5.13 Å². The Balaban J connectivity index is 1.78. The van der Waals surface area contributed by atoms with Gasteiger partial charge in [-0.05, 0) is 35.9 Å². The number of thiazole rings is 1. The summed E-state index contributed by atoms with van der Waals surface area (Å²) in [5.41, 5.74) is 1.18. The van der Waals surface area contributed by atoms with Crippen molar-refractivity contribution in [3.05, 3.63) is 83.7 Å². The number of ether oxygens (including phenoxy) is 1. The van der Waals surface area contributed by atoms with Crippen LogP contribution in [0.5, 0.6) is 5.75 Å². The fourth-order valence-corrected chi connectivity index (χ4v) is 3.79. The third kappa shape index (κ3) is 3.93. The molecule has 0 aliphatic heterocycles. The van der Waals surface area contributed by atoms with Gasteiger partial charge in [0.1, 0.15) is 17.4 Å². The molecule has 1 amide bonds. The first-order valence-corrected chi connectivity index (χ1v) is 9.47. The SMILES string of the molecule is COc1ccc2sc(N(Cc3cccnc3)C(=O)c3ccc(F)cc3F)nc2c1. The van der Waals surface area contributed by atoms with Crippen molar-refractivity contribution in [2.24, 2.45) is 0 Å². The van der Waals surface area contributed by atoms with Crippen LogP contribution in [0.4, 0.5) is 13.9 Å². The number of pyridine rings is 1. The summed E-state index contributed by atoms with van der Waals surface area (Å²) in [7, 11) is 1.56. The first kappa shape index (κ1) is 18.9. The number of halogens is 2. The fraction of sp³-hybridized carbons (Fsp3) is 0.0952. The van der Waals surface area contributed by atoms with E-state index in [0.717, 1.165) is 22.4 Å². The average molecular weight is 411 g/mol.